The van der Waals surface area contributed by atoms with Gasteiger partial charge in [0.05, 0.1) is 6.54 Å². The molecule has 0 spiro atoms. The molecule has 17 heavy (non-hydrogen) atoms. The second-order valence-electron chi connectivity index (χ2n) is 4.76. The summed E-state index contributed by atoms with van der Waals surface area (Å²) >= 11 is 0. The van der Waals surface area contributed by atoms with E-state index >= 15 is 0 Å². The molecule has 1 atom stereocenters. The smallest absolute Gasteiger partial charge is 0.229 e. The van der Waals surface area contributed by atoms with Crippen LogP contribution in [0.2, 0.25) is 0 Å². The molecule has 0 amide bonds. The fourth-order valence-electron chi connectivity index (χ4n) is 2.16. The maximum atomic E-state index is 5.32. The zero-order valence-electron chi connectivity index (χ0n) is 10.8. The van der Waals surface area contributed by atoms with Crippen molar-refractivity contribution < 1.29 is 4.52 Å². The van der Waals surface area contributed by atoms with Crippen LogP contribution in [-0.2, 0) is 6.54 Å². The summed E-state index contributed by atoms with van der Waals surface area (Å²) in [5.74, 6) is 1.99. The lowest BCUT2D eigenvalue weighted by atomic mass is 10.1. The van der Waals surface area contributed by atoms with Crippen molar-refractivity contribution in [3.63, 3.8) is 0 Å². The molecular weight excluding hydrogens is 216 g/mol. The first-order valence-electron chi connectivity index (χ1n) is 6.55. The SMILES string of the molecule is CCCC(C)c1nc(CN2CCNCC2)no1. The maximum absolute atomic E-state index is 5.32. The minimum atomic E-state index is 0.379. The van der Waals surface area contributed by atoms with Gasteiger partial charge in [-0.2, -0.15) is 4.98 Å². The molecule has 1 unspecified atom stereocenters. The second-order valence-corrected chi connectivity index (χ2v) is 4.76. The largest absolute Gasteiger partial charge is 0.339 e. The average Bonchev–Trinajstić information content (AvgIpc) is 2.79. The number of hydrogen-bond acceptors (Lipinski definition) is 5. The topological polar surface area (TPSA) is 54.2 Å². The average molecular weight is 238 g/mol. The molecule has 1 aromatic rings. The molecule has 1 aliphatic heterocycles. The molecule has 1 N–H and O–H groups in total. The van der Waals surface area contributed by atoms with E-state index in [1.807, 2.05) is 0 Å². The van der Waals surface area contributed by atoms with Crippen LogP contribution in [0.1, 0.15) is 44.3 Å². The minimum Gasteiger partial charge on any atom is -0.339 e. The van der Waals surface area contributed by atoms with Crippen molar-refractivity contribution in [2.75, 3.05) is 26.2 Å². The lowest BCUT2D eigenvalue weighted by molar-refractivity contribution is 0.224. The molecule has 2 heterocycles. The Hall–Kier alpha value is -0.940. The lowest BCUT2D eigenvalue weighted by Crippen LogP contribution is -2.43. The van der Waals surface area contributed by atoms with E-state index < -0.39 is 0 Å². The molecule has 96 valence electrons. The third-order valence-corrected chi connectivity index (χ3v) is 3.20. The Bertz CT molecular complexity index is 333. The van der Waals surface area contributed by atoms with E-state index in [0.29, 0.717) is 5.92 Å². The van der Waals surface area contributed by atoms with Crippen LogP contribution in [0.4, 0.5) is 0 Å². The highest BCUT2D eigenvalue weighted by Gasteiger charge is 2.16. The monoisotopic (exact) mass is 238 g/mol. The fraction of sp³-hybridized carbons (Fsp3) is 0.833. The van der Waals surface area contributed by atoms with Crippen molar-refractivity contribution in [3.05, 3.63) is 11.7 Å². The summed E-state index contributed by atoms with van der Waals surface area (Å²) < 4.78 is 5.32. The molecule has 2 rings (SSSR count). The van der Waals surface area contributed by atoms with E-state index in [2.05, 4.69) is 34.2 Å². The molecule has 0 saturated carbocycles. The number of piperazine rings is 1. The van der Waals surface area contributed by atoms with Crippen LogP contribution < -0.4 is 5.32 Å². The van der Waals surface area contributed by atoms with Crippen molar-refractivity contribution >= 4 is 0 Å². The van der Waals surface area contributed by atoms with Crippen LogP contribution in [0.25, 0.3) is 0 Å². The molecule has 0 radical (unpaired) electrons. The van der Waals surface area contributed by atoms with Crippen LogP contribution in [0.5, 0.6) is 0 Å². The van der Waals surface area contributed by atoms with Gasteiger partial charge >= 0.3 is 0 Å². The highest BCUT2D eigenvalue weighted by atomic mass is 16.5. The van der Waals surface area contributed by atoms with Gasteiger partial charge < -0.3 is 9.84 Å². The molecule has 0 aromatic carbocycles. The predicted molar refractivity (Wildman–Crippen MR) is 65.8 cm³/mol. The van der Waals surface area contributed by atoms with E-state index in [9.17, 15) is 0 Å². The van der Waals surface area contributed by atoms with E-state index in [-0.39, 0.29) is 0 Å². The molecule has 1 aromatic heterocycles. The van der Waals surface area contributed by atoms with Gasteiger partial charge in [-0.25, -0.2) is 0 Å². The molecule has 1 saturated heterocycles. The van der Waals surface area contributed by atoms with Crippen LogP contribution in [0.3, 0.4) is 0 Å². The summed E-state index contributed by atoms with van der Waals surface area (Å²) in [6, 6.07) is 0. The third kappa shape index (κ3) is 3.51. The van der Waals surface area contributed by atoms with Crippen LogP contribution in [0.15, 0.2) is 4.52 Å². The van der Waals surface area contributed by atoms with Gasteiger partial charge in [0.2, 0.25) is 5.89 Å². The minimum absolute atomic E-state index is 0.379. The second kappa shape index (κ2) is 6.12. The number of aromatic nitrogens is 2. The van der Waals surface area contributed by atoms with Crippen molar-refractivity contribution in [1.82, 2.24) is 20.4 Å². The van der Waals surface area contributed by atoms with E-state index in [0.717, 1.165) is 57.3 Å². The van der Waals surface area contributed by atoms with E-state index in [1.54, 1.807) is 0 Å². The molecular formula is C12H22N4O. The van der Waals surface area contributed by atoms with Crippen LogP contribution >= 0.6 is 0 Å². The zero-order chi connectivity index (χ0) is 12.1. The van der Waals surface area contributed by atoms with E-state index in [1.165, 1.54) is 0 Å². The van der Waals surface area contributed by atoms with Crippen LogP contribution in [-0.4, -0.2) is 41.2 Å². The van der Waals surface area contributed by atoms with E-state index in [4.69, 9.17) is 4.52 Å². The standard InChI is InChI=1S/C12H22N4O/c1-3-4-10(2)12-14-11(15-17-12)9-16-7-5-13-6-8-16/h10,13H,3-9H2,1-2H3. The molecule has 0 bridgehead atoms. The van der Waals surface area contributed by atoms with Gasteiger partial charge in [-0.05, 0) is 6.42 Å². The van der Waals surface area contributed by atoms with Crippen molar-refractivity contribution in [3.8, 4) is 0 Å². The maximum Gasteiger partial charge on any atom is 0.229 e. The van der Waals surface area contributed by atoms with Crippen molar-refractivity contribution in [2.45, 2.75) is 39.2 Å². The summed E-state index contributed by atoms with van der Waals surface area (Å²) in [4.78, 5) is 6.84. The molecule has 0 aliphatic carbocycles. The highest BCUT2D eigenvalue weighted by molar-refractivity contribution is 4.92. The van der Waals surface area contributed by atoms with Crippen LogP contribution in [0, 0.1) is 0 Å². The highest BCUT2D eigenvalue weighted by Crippen LogP contribution is 2.18. The van der Waals surface area contributed by atoms with Gasteiger partial charge in [0.15, 0.2) is 5.82 Å². The number of hydrogen-bond donors (Lipinski definition) is 1. The summed E-state index contributed by atoms with van der Waals surface area (Å²) in [6.45, 7) is 9.36. The van der Waals surface area contributed by atoms with Crippen molar-refractivity contribution in [1.29, 1.82) is 0 Å². The van der Waals surface area contributed by atoms with Gasteiger partial charge in [-0.15, -0.1) is 0 Å². The summed E-state index contributed by atoms with van der Waals surface area (Å²) in [5, 5.41) is 7.40. The van der Waals surface area contributed by atoms with Gasteiger partial charge in [-0.1, -0.05) is 25.4 Å². The Morgan fingerprint density at radius 1 is 1.41 bits per heavy atom. The molecule has 1 fully saturated rings. The zero-order valence-corrected chi connectivity index (χ0v) is 10.8. The number of nitrogens with zero attached hydrogens (tertiary/aromatic N) is 3. The van der Waals surface area contributed by atoms with Gasteiger partial charge in [-0.3, -0.25) is 4.90 Å². The first-order valence-corrected chi connectivity index (χ1v) is 6.55. The normalized spacial score (nSPS) is 19.4. The Kier molecular flexibility index (Phi) is 4.50. The first-order chi connectivity index (χ1) is 8.29. The number of rotatable bonds is 5. The Labute approximate surface area is 103 Å². The lowest BCUT2D eigenvalue weighted by Gasteiger charge is -2.25. The fourth-order valence-corrected chi connectivity index (χ4v) is 2.16. The summed E-state index contributed by atoms with van der Waals surface area (Å²) in [6.07, 6.45) is 2.26. The Morgan fingerprint density at radius 2 is 2.18 bits per heavy atom. The van der Waals surface area contributed by atoms with Gasteiger partial charge in [0, 0.05) is 32.1 Å². The van der Waals surface area contributed by atoms with Crippen molar-refractivity contribution in [2.24, 2.45) is 0 Å². The predicted octanol–water partition coefficient (Wildman–Crippen LogP) is 1.38. The number of nitrogens with one attached hydrogen (secondary N) is 1. The Morgan fingerprint density at radius 3 is 2.88 bits per heavy atom. The summed E-state index contributed by atoms with van der Waals surface area (Å²) in [7, 11) is 0. The third-order valence-electron chi connectivity index (χ3n) is 3.20. The molecule has 5 nitrogen and oxygen atoms in total. The quantitative estimate of drug-likeness (QED) is 0.840. The molecule has 5 heteroatoms. The summed E-state index contributed by atoms with van der Waals surface area (Å²) in [5.41, 5.74) is 0. The molecule has 1 aliphatic rings. The Balaban J connectivity index is 1.88. The first kappa shape index (κ1) is 12.5. The van der Waals surface area contributed by atoms with Gasteiger partial charge in [0.25, 0.3) is 0 Å². The van der Waals surface area contributed by atoms with Gasteiger partial charge in [0.1, 0.15) is 0 Å².